The fraction of sp³-hybridized carbons (Fsp3) is 0.350. The second kappa shape index (κ2) is 8.83. The molecule has 0 aliphatic carbocycles. The van der Waals surface area contributed by atoms with Gasteiger partial charge in [-0.2, -0.15) is 0 Å². The van der Waals surface area contributed by atoms with Crippen LogP contribution in [-0.4, -0.2) is 22.3 Å². The summed E-state index contributed by atoms with van der Waals surface area (Å²) in [6.45, 7) is 2.16. The molecule has 4 heteroatoms. The lowest BCUT2D eigenvalue weighted by Crippen LogP contribution is -2.11. The highest BCUT2D eigenvalue weighted by molar-refractivity contribution is 5.88. The first kappa shape index (κ1) is 17.7. The highest BCUT2D eigenvalue weighted by atomic mass is 16.6. The van der Waals surface area contributed by atoms with Crippen molar-refractivity contribution in [3.8, 4) is 11.8 Å². The summed E-state index contributed by atoms with van der Waals surface area (Å²) in [6.07, 6.45) is 7.61. The number of rotatable bonds is 6. The van der Waals surface area contributed by atoms with Crippen molar-refractivity contribution in [2.24, 2.45) is 0 Å². The van der Waals surface area contributed by atoms with E-state index in [1.54, 1.807) is 0 Å². The molecule has 24 heavy (non-hydrogen) atoms. The van der Waals surface area contributed by atoms with E-state index in [-0.39, 0.29) is 0 Å². The summed E-state index contributed by atoms with van der Waals surface area (Å²) in [7, 11) is 0. The van der Waals surface area contributed by atoms with Gasteiger partial charge in [0.2, 0.25) is 5.76 Å². The lowest BCUT2D eigenvalue weighted by molar-refractivity contribution is -0.142. The second-order valence-electron chi connectivity index (χ2n) is 5.63. The van der Waals surface area contributed by atoms with Gasteiger partial charge in [-0.25, -0.2) is 4.79 Å². The summed E-state index contributed by atoms with van der Waals surface area (Å²) >= 11 is 0. The fourth-order valence-corrected chi connectivity index (χ4v) is 2.29. The Kier molecular flexibility index (Phi) is 6.51. The molecular weight excluding hydrogens is 304 g/mol. The summed E-state index contributed by atoms with van der Waals surface area (Å²) in [5, 5.41) is 18.7. The van der Waals surface area contributed by atoms with E-state index in [2.05, 4.69) is 43.0 Å². The molecule has 0 amide bonds. The Balaban J connectivity index is 1.80. The largest absolute Gasteiger partial charge is 0.505 e. The average Bonchev–Trinajstić information content (AvgIpc) is 2.84. The number of ether oxygens (including phenoxy) is 1. The number of hydrogen-bond donors (Lipinski definition) is 2. The Hall–Kier alpha value is -2.67. The smallest absolute Gasteiger partial charge is 0.377 e. The molecule has 2 N–H and O–H groups in total. The van der Waals surface area contributed by atoms with Gasteiger partial charge in [-0.15, -0.1) is 0 Å². The number of unbranched alkanes of at least 4 members (excludes halogenated alkanes) is 1. The monoisotopic (exact) mass is 326 g/mol. The number of esters is 1. The third kappa shape index (κ3) is 4.92. The van der Waals surface area contributed by atoms with E-state index in [1.807, 2.05) is 12.1 Å². The molecule has 1 heterocycles. The molecule has 1 atom stereocenters. The maximum absolute atomic E-state index is 11.1. The van der Waals surface area contributed by atoms with Crippen LogP contribution >= 0.6 is 0 Å². The van der Waals surface area contributed by atoms with E-state index in [1.165, 1.54) is 5.56 Å². The van der Waals surface area contributed by atoms with Gasteiger partial charge in [0, 0.05) is 18.4 Å². The van der Waals surface area contributed by atoms with E-state index in [4.69, 9.17) is 4.74 Å². The summed E-state index contributed by atoms with van der Waals surface area (Å²) in [5.41, 5.74) is 2.17. The molecule has 1 aromatic rings. The number of allylic oxidation sites excluding steroid dienone is 2. The summed E-state index contributed by atoms with van der Waals surface area (Å²) in [6, 6.07) is 8.08. The van der Waals surface area contributed by atoms with E-state index in [0.717, 1.165) is 24.8 Å². The molecule has 1 aliphatic rings. The Morgan fingerprint density at radius 3 is 2.58 bits per heavy atom. The minimum atomic E-state index is -0.881. The number of aliphatic hydroxyl groups is 2. The van der Waals surface area contributed by atoms with Crippen LogP contribution in [0.1, 0.15) is 43.7 Å². The molecular formula is C20H22O4. The van der Waals surface area contributed by atoms with Crippen LogP contribution < -0.4 is 0 Å². The average molecular weight is 326 g/mol. The minimum absolute atomic E-state index is 0.356. The first-order valence-corrected chi connectivity index (χ1v) is 8.17. The molecule has 0 radical (unpaired) electrons. The van der Waals surface area contributed by atoms with Gasteiger partial charge < -0.3 is 14.9 Å². The van der Waals surface area contributed by atoms with E-state index in [9.17, 15) is 15.0 Å². The predicted octanol–water partition coefficient (Wildman–Crippen LogP) is 3.97. The Morgan fingerprint density at radius 1 is 1.21 bits per heavy atom. The number of aliphatic hydroxyl groups excluding tert-OH is 2. The molecule has 126 valence electrons. The molecule has 1 unspecified atom stereocenters. The van der Waals surface area contributed by atoms with Crippen molar-refractivity contribution in [2.45, 2.75) is 45.1 Å². The van der Waals surface area contributed by atoms with Crippen LogP contribution in [0.15, 0.2) is 47.9 Å². The number of carbonyl (C=O) groups is 1. The zero-order valence-electron chi connectivity index (χ0n) is 13.8. The van der Waals surface area contributed by atoms with E-state index in [0.29, 0.717) is 12.8 Å². The number of hydrogen-bond acceptors (Lipinski definition) is 4. The first-order chi connectivity index (χ1) is 11.6. The molecule has 0 spiro atoms. The fourth-order valence-electron chi connectivity index (χ4n) is 2.29. The highest BCUT2D eigenvalue weighted by Crippen LogP contribution is 2.21. The maximum Gasteiger partial charge on any atom is 0.377 e. The Bertz CT molecular complexity index is 687. The zero-order valence-corrected chi connectivity index (χ0v) is 13.8. The third-order valence-corrected chi connectivity index (χ3v) is 3.68. The van der Waals surface area contributed by atoms with Crippen LogP contribution in [0.3, 0.4) is 0 Å². The van der Waals surface area contributed by atoms with Crippen molar-refractivity contribution in [2.75, 3.05) is 0 Å². The van der Waals surface area contributed by atoms with E-state index >= 15 is 0 Å². The van der Waals surface area contributed by atoms with Gasteiger partial charge >= 0.3 is 5.97 Å². The van der Waals surface area contributed by atoms with E-state index < -0.39 is 23.6 Å². The Labute approximate surface area is 142 Å². The van der Waals surface area contributed by atoms with Crippen molar-refractivity contribution < 1.29 is 19.7 Å². The van der Waals surface area contributed by atoms with Crippen LogP contribution in [0, 0.1) is 11.8 Å². The van der Waals surface area contributed by atoms with Crippen LogP contribution in [0.4, 0.5) is 0 Å². The molecule has 0 saturated carbocycles. The number of cyclic esters (lactones) is 1. The molecule has 1 aromatic carbocycles. The quantitative estimate of drug-likeness (QED) is 0.471. The van der Waals surface area contributed by atoms with Crippen molar-refractivity contribution in [1.82, 2.24) is 0 Å². The van der Waals surface area contributed by atoms with Gasteiger partial charge in [0.15, 0.2) is 11.9 Å². The van der Waals surface area contributed by atoms with Gasteiger partial charge in [-0.1, -0.05) is 49.5 Å². The lowest BCUT2D eigenvalue weighted by atomic mass is 10.1. The normalized spacial score (nSPS) is 17.0. The molecule has 0 saturated heterocycles. The Morgan fingerprint density at radius 2 is 1.96 bits per heavy atom. The van der Waals surface area contributed by atoms with Crippen LogP contribution in [0.2, 0.25) is 0 Å². The molecule has 0 aromatic heterocycles. The van der Waals surface area contributed by atoms with Crippen molar-refractivity contribution in [3.63, 3.8) is 0 Å². The third-order valence-electron chi connectivity index (χ3n) is 3.68. The van der Waals surface area contributed by atoms with Gasteiger partial charge in [0.05, 0.1) is 0 Å². The standard InChI is InChI=1S/C20H22O4/c1-2-3-4-5-8-15-11-13-16(14-12-15)9-6-7-10-17-18(21)19(22)20(23)24-17/h4-5,11-14,17,21-22H,2-3,7-8,10H2,1H3/b5-4-. The first-order valence-electron chi connectivity index (χ1n) is 8.17. The minimum Gasteiger partial charge on any atom is -0.505 e. The van der Waals surface area contributed by atoms with Crippen molar-refractivity contribution in [3.05, 3.63) is 59.1 Å². The van der Waals surface area contributed by atoms with Gasteiger partial charge in [0.1, 0.15) is 0 Å². The van der Waals surface area contributed by atoms with Crippen LogP contribution in [0.5, 0.6) is 0 Å². The van der Waals surface area contributed by atoms with Gasteiger partial charge in [0.25, 0.3) is 0 Å². The van der Waals surface area contributed by atoms with Gasteiger partial charge in [-0.3, -0.25) is 0 Å². The van der Waals surface area contributed by atoms with Crippen molar-refractivity contribution in [1.29, 1.82) is 0 Å². The van der Waals surface area contributed by atoms with Crippen LogP contribution in [0.25, 0.3) is 0 Å². The SMILES string of the molecule is CCC/C=C\Cc1ccc(C#CCCC2OC(=O)C(O)=C2O)cc1. The van der Waals surface area contributed by atoms with Crippen LogP contribution in [-0.2, 0) is 16.0 Å². The van der Waals surface area contributed by atoms with Gasteiger partial charge in [-0.05, 0) is 30.5 Å². The molecule has 1 aliphatic heterocycles. The topological polar surface area (TPSA) is 66.8 Å². The molecule has 0 fully saturated rings. The number of carbonyl (C=O) groups excluding carboxylic acids is 1. The summed E-state index contributed by atoms with van der Waals surface area (Å²) in [5.74, 6) is 4.05. The predicted molar refractivity (Wildman–Crippen MR) is 92.5 cm³/mol. The highest BCUT2D eigenvalue weighted by Gasteiger charge is 2.33. The number of benzene rings is 1. The summed E-state index contributed by atoms with van der Waals surface area (Å²) in [4.78, 5) is 11.1. The van der Waals surface area contributed by atoms with Crippen molar-refractivity contribution >= 4 is 5.97 Å². The molecule has 2 rings (SSSR count). The lowest BCUT2D eigenvalue weighted by Gasteiger charge is -2.06. The molecule has 4 nitrogen and oxygen atoms in total. The second-order valence-corrected chi connectivity index (χ2v) is 5.63. The zero-order chi connectivity index (χ0) is 17.4. The molecule has 0 bridgehead atoms. The summed E-state index contributed by atoms with van der Waals surface area (Å²) < 4.78 is 4.82. The maximum atomic E-state index is 11.1.